The summed E-state index contributed by atoms with van der Waals surface area (Å²) >= 11 is 0. The molecule has 1 amide bonds. The first kappa shape index (κ1) is 13.9. The summed E-state index contributed by atoms with van der Waals surface area (Å²) in [6.45, 7) is 0.136. The van der Waals surface area contributed by atoms with Crippen molar-refractivity contribution in [1.29, 1.82) is 0 Å². The first-order chi connectivity index (χ1) is 9.66. The molecule has 104 valence electrons. The van der Waals surface area contributed by atoms with E-state index in [0.29, 0.717) is 0 Å². The molecule has 0 bridgehead atoms. The molecule has 0 saturated heterocycles. The number of carbonyl (C=O) groups is 1. The van der Waals surface area contributed by atoms with E-state index < -0.39 is 12.0 Å². The van der Waals surface area contributed by atoms with E-state index in [0.717, 1.165) is 0 Å². The average molecular weight is 274 g/mol. The fourth-order valence-corrected chi connectivity index (χ4v) is 1.62. The predicted octanol–water partition coefficient (Wildman–Crippen LogP) is -0.571. The molecule has 2 aromatic heterocycles. The third-order valence-electron chi connectivity index (χ3n) is 2.60. The second-order valence-electron chi connectivity index (χ2n) is 4.15. The summed E-state index contributed by atoms with van der Waals surface area (Å²) < 4.78 is 1.37. The standard InChI is InChI=1S/C13H14N4O3/c18-10(9-17-6-2-1-3-12(17)19)7-16-13(20)11-8-14-4-5-15-11/h1-6,8,10,18H,7,9H2,(H,16,20)/t10-/m0/s1. The zero-order valence-electron chi connectivity index (χ0n) is 10.6. The molecule has 0 aliphatic carbocycles. The fraction of sp³-hybridized carbons (Fsp3) is 0.231. The van der Waals surface area contributed by atoms with Crippen LogP contribution in [0, 0.1) is 0 Å². The number of rotatable bonds is 5. The van der Waals surface area contributed by atoms with E-state index in [1.165, 1.54) is 29.2 Å². The number of aliphatic hydroxyl groups excluding tert-OH is 1. The molecule has 0 radical (unpaired) electrons. The maximum absolute atomic E-state index is 11.7. The van der Waals surface area contributed by atoms with Gasteiger partial charge in [0.15, 0.2) is 0 Å². The molecule has 7 heteroatoms. The van der Waals surface area contributed by atoms with Gasteiger partial charge in [0.05, 0.1) is 18.8 Å². The van der Waals surface area contributed by atoms with Crippen LogP contribution in [0.3, 0.4) is 0 Å². The van der Waals surface area contributed by atoms with Crippen molar-refractivity contribution in [3.8, 4) is 0 Å². The SMILES string of the molecule is O=C(NC[C@H](O)Cn1ccccc1=O)c1cnccn1. The topological polar surface area (TPSA) is 97.1 Å². The fourth-order valence-electron chi connectivity index (χ4n) is 1.62. The molecular formula is C13H14N4O3. The quantitative estimate of drug-likeness (QED) is 0.761. The molecule has 2 heterocycles. The monoisotopic (exact) mass is 274 g/mol. The molecule has 0 spiro atoms. The summed E-state index contributed by atoms with van der Waals surface area (Å²) in [5, 5.41) is 12.3. The van der Waals surface area contributed by atoms with Crippen molar-refractivity contribution in [3.63, 3.8) is 0 Å². The third-order valence-corrected chi connectivity index (χ3v) is 2.60. The number of amides is 1. The van der Waals surface area contributed by atoms with Crippen LogP contribution in [0.5, 0.6) is 0 Å². The Kier molecular flexibility index (Phi) is 4.56. The molecule has 7 nitrogen and oxygen atoms in total. The minimum atomic E-state index is -0.865. The first-order valence-corrected chi connectivity index (χ1v) is 6.04. The van der Waals surface area contributed by atoms with Crippen LogP contribution in [-0.4, -0.2) is 38.2 Å². The van der Waals surface area contributed by atoms with Gasteiger partial charge in [-0.2, -0.15) is 0 Å². The van der Waals surface area contributed by atoms with E-state index in [9.17, 15) is 14.7 Å². The van der Waals surface area contributed by atoms with Gasteiger partial charge in [0.25, 0.3) is 11.5 Å². The van der Waals surface area contributed by atoms with Crippen LogP contribution in [0.2, 0.25) is 0 Å². The Bertz CT molecular complexity index is 627. The lowest BCUT2D eigenvalue weighted by molar-refractivity contribution is 0.0898. The van der Waals surface area contributed by atoms with Crippen molar-refractivity contribution in [2.45, 2.75) is 12.6 Å². The van der Waals surface area contributed by atoms with Gasteiger partial charge < -0.3 is 15.0 Å². The van der Waals surface area contributed by atoms with Gasteiger partial charge >= 0.3 is 0 Å². The number of hydrogen-bond acceptors (Lipinski definition) is 5. The van der Waals surface area contributed by atoms with Crippen LogP contribution in [0.1, 0.15) is 10.5 Å². The molecule has 0 aliphatic heterocycles. The number of hydrogen-bond donors (Lipinski definition) is 2. The lowest BCUT2D eigenvalue weighted by Gasteiger charge is -2.13. The maximum atomic E-state index is 11.7. The van der Waals surface area contributed by atoms with Crippen LogP contribution >= 0.6 is 0 Å². The number of nitrogens with one attached hydrogen (secondary N) is 1. The van der Waals surface area contributed by atoms with Gasteiger partial charge in [-0.1, -0.05) is 6.07 Å². The van der Waals surface area contributed by atoms with Crippen molar-refractivity contribution in [2.75, 3.05) is 6.54 Å². The van der Waals surface area contributed by atoms with Crippen molar-refractivity contribution >= 4 is 5.91 Å². The summed E-state index contributed by atoms with van der Waals surface area (Å²) in [6, 6.07) is 4.73. The molecular weight excluding hydrogens is 260 g/mol. The number of pyridine rings is 1. The maximum Gasteiger partial charge on any atom is 0.271 e. The molecule has 0 aliphatic rings. The van der Waals surface area contributed by atoms with Crippen molar-refractivity contribution in [1.82, 2.24) is 19.9 Å². The summed E-state index contributed by atoms with van der Waals surface area (Å²) in [4.78, 5) is 30.8. The van der Waals surface area contributed by atoms with Crippen LogP contribution in [0.4, 0.5) is 0 Å². The van der Waals surface area contributed by atoms with E-state index in [1.54, 1.807) is 18.3 Å². The normalized spacial score (nSPS) is 11.8. The highest BCUT2D eigenvalue weighted by Crippen LogP contribution is 1.92. The number of aliphatic hydroxyl groups is 1. The Hall–Kier alpha value is -2.54. The van der Waals surface area contributed by atoms with Gasteiger partial charge in [-0.15, -0.1) is 0 Å². The minimum Gasteiger partial charge on any atom is -0.389 e. The molecule has 20 heavy (non-hydrogen) atoms. The predicted molar refractivity (Wildman–Crippen MR) is 71.1 cm³/mol. The van der Waals surface area contributed by atoms with Gasteiger partial charge in [0.2, 0.25) is 0 Å². The number of carbonyl (C=O) groups excluding carboxylic acids is 1. The van der Waals surface area contributed by atoms with Crippen LogP contribution in [0.25, 0.3) is 0 Å². The van der Waals surface area contributed by atoms with Crippen molar-refractivity contribution in [3.05, 3.63) is 59.0 Å². The Morgan fingerprint density at radius 3 is 2.95 bits per heavy atom. The van der Waals surface area contributed by atoms with E-state index >= 15 is 0 Å². The molecule has 0 unspecified atom stereocenters. The highest BCUT2D eigenvalue weighted by molar-refractivity contribution is 5.91. The number of nitrogens with zero attached hydrogens (tertiary/aromatic N) is 3. The zero-order valence-corrected chi connectivity index (χ0v) is 10.6. The lowest BCUT2D eigenvalue weighted by Crippen LogP contribution is -2.36. The summed E-state index contributed by atoms with van der Waals surface area (Å²) in [7, 11) is 0. The summed E-state index contributed by atoms with van der Waals surface area (Å²) in [6.07, 6.45) is 4.93. The second-order valence-corrected chi connectivity index (χ2v) is 4.15. The van der Waals surface area contributed by atoms with E-state index in [1.807, 2.05) is 0 Å². The average Bonchev–Trinajstić information content (AvgIpc) is 2.48. The Morgan fingerprint density at radius 1 is 1.40 bits per heavy atom. The smallest absolute Gasteiger partial charge is 0.271 e. The largest absolute Gasteiger partial charge is 0.389 e. The van der Waals surface area contributed by atoms with Crippen LogP contribution in [0.15, 0.2) is 47.8 Å². The van der Waals surface area contributed by atoms with E-state index in [2.05, 4.69) is 15.3 Å². The van der Waals surface area contributed by atoms with Gasteiger partial charge in [-0.3, -0.25) is 14.6 Å². The molecule has 1 atom stereocenters. The van der Waals surface area contributed by atoms with Gasteiger partial charge in [-0.25, -0.2) is 4.98 Å². The Labute approximate surface area is 114 Å². The van der Waals surface area contributed by atoms with Crippen molar-refractivity contribution in [2.24, 2.45) is 0 Å². The Morgan fingerprint density at radius 2 is 2.25 bits per heavy atom. The minimum absolute atomic E-state index is 0.0245. The second kappa shape index (κ2) is 6.58. The molecule has 2 rings (SSSR count). The third kappa shape index (κ3) is 3.72. The lowest BCUT2D eigenvalue weighted by atomic mass is 10.3. The molecule has 0 saturated carbocycles. The molecule has 2 aromatic rings. The van der Waals surface area contributed by atoms with E-state index in [4.69, 9.17) is 0 Å². The van der Waals surface area contributed by atoms with Crippen LogP contribution < -0.4 is 10.9 Å². The molecule has 0 fully saturated rings. The molecule has 2 N–H and O–H groups in total. The van der Waals surface area contributed by atoms with Gasteiger partial charge in [-0.05, 0) is 6.07 Å². The van der Waals surface area contributed by atoms with Crippen molar-refractivity contribution < 1.29 is 9.90 Å². The van der Waals surface area contributed by atoms with Crippen LogP contribution in [-0.2, 0) is 6.54 Å². The summed E-state index contributed by atoms with van der Waals surface area (Å²) in [5.74, 6) is -0.419. The highest BCUT2D eigenvalue weighted by atomic mass is 16.3. The summed E-state index contributed by atoms with van der Waals surface area (Å²) in [5.41, 5.74) is -0.0246. The first-order valence-electron chi connectivity index (χ1n) is 6.04. The van der Waals surface area contributed by atoms with E-state index in [-0.39, 0.29) is 24.3 Å². The Balaban J connectivity index is 1.87. The number of aromatic nitrogens is 3. The highest BCUT2D eigenvalue weighted by Gasteiger charge is 2.10. The molecule has 0 aromatic carbocycles. The zero-order chi connectivity index (χ0) is 14.4. The van der Waals surface area contributed by atoms with Gasteiger partial charge in [0.1, 0.15) is 5.69 Å². The van der Waals surface area contributed by atoms with Gasteiger partial charge in [0, 0.05) is 31.2 Å².